The summed E-state index contributed by atoms with van der Waals surface area (Å²) in [7, 11) is 1.43. The van der Waals surface area contributed by atoms with Gasteiger partial charge in [-0.15, -0.1) is 0 Å². The molecular weight excluding hydrogens is 776 g/mol. The van der Waals surface area contributed by atoms with Gasteiger partial charge in [-0.05, 0) is 25.5 Å². The van der Waals surface area contributed by atoms with Crippen LogP contribution in [0, 0.1) is 30.6 Å². The Labute approximate surface area is 348 Å². The number of oxime groups is 1. The number of hydrogen-bond donors (Lipinski definition) is 6. The summed E-state index contributed by atoms with van der Waals surface area (Å²) in [6.45, 7) is 12.4. The molecule has 0 aliphatic carbocycles. The lowest BCUT2D eigenvalue weighted by molar-refractivity contribution is -0.160. The average molecular weight is 831 g/mol. The average Bonchev–Trinajstić information content (AvgIpc) is 3.48. The van der Waals surface area contributed by atoms with Crippen LogP contribution in [-0.4, -0.2) is 86.7 Å². The summed E-state index contributed by atoms with van der Waals surface area (Å²) in [6.07, 6.45) is 4.47. The van der Waals surface area contributed by atoms with Crippen molar-refractivity contribution in [2.75, 3.05) is 12.4 Å². The molecule has 9 atom stereocenters. The van der Waals surface area contributed by atoms with Gasteiger partial charge in [0.1, 0.15) is 30.0 Å². The molecule has 0 fully saturated rings. The van der Waals surface area contributed by atoms with E-state index in [9.17, 15) is 39.9 Å². The fourth-order valence-electron chi connectivity index (χ4n) is 7.65. The number of esters is 1. The number of Topliss-reactive ketones (excluding diaryl/α,β-unsaturated/α-hetero) is 1. The number of rotatable bonds is 6. The zero-order chi connectivity index (χ0) is 44.2. The van der Waals surface area contributed by atoms with E-state index >= 15 is 0 Å². The molecule has 6 N–H and O–H groups in total. The van der Waals surface area contributed by atoms with Crippen LogP contribution in [0.5, 0.6) is 23.0 Å². The largest absolute Gasteiger partial charge is 0.507 e. The number of fused-ring (bicyclic) bond motifs is 14. The summed E-state index contributed by atoms with van der Waals surface area (Å²) < 4.78 is 23.5. The van der Waals surface area contributed by atoms with Crippen molar-refractivity contribution in [2.24, 2.45) is 28.8 Å². The van der Waals surface area contributed by atoms with E-state index in [1.807, 2.05) is 30.3 Å². The minimum atomic E-state index is -2.07. The minimum absolute atomic E-state index is 0.0270. The Morgan fingerprint density at radius 3 is 2.27 bits per heavy atom. The molecule has 5 bridgehead atoms. The van der Waals surface area contributed by atoms with Crippen LogP contribution in [-0.2, 0) is 35.2 Å². The molecule has 15 heteroatoms. The molecule has 0 unspecified atom stereocenters. The molecule has 15 nitrogen and oxygen atoms in total. The molecule has 3 aromatic carbocycles. The minimum Gasteiger partial charge on any atom is -0.507 e. The number of benzene rings is 3. The zero-order valence-corrected chi connectivity index (χ0v) is 35.1. The Bertz CT molecular complexity index is 2230. The van der Waals surface area contributed by atoms with Gasteiger partial charge in [0.15, 0.2) is 5.75 Å². The van der Waals surface area contributed by atoms with Gasteiger partial charge in [0.05, 0.1) is 53.0 Å². The van der Waals surface area contributed by atoms with Gasteiger partial charge in [-0.1, -0.05) is 81.4 Å². The van der Waals surface area contributed by atoms with Gasteiger partial charge in [-0.2, -0.15) is 0 Å². The number of ether oxygens (including phenoxy) is 4. The first-order chi connectivity index (χ1) is 28.3. The lowest BCUT2D eigenvalue weighted by Gasteiger charge is -2.38. The highest BCUT2D eigenvalue weighted by atomic mass is 16.7. The number of phenols is 3. The molecule has 60 heavy (non-hydrogen) atoms. The normalized spacial score (nSPS) is 29.7. The van der Waals surface area contributed by atoms with Crippen molar-refractivity contribution in [3.05, 3.63) is 88.7 Å². The number of aromatic hydroxyl groups is 3. The Balaban J connectivity index is 1.69. The van der Waals surface area contributed by atoms with Gasteiger partial charge in [0.2, 0.25) is 0 Å². The second kappa shape index (κ2) is 18.6. The number of carbonyl (C=O) groups excluding carboxylic acids is 3. The van der Waals surface area contributed by atoms with E-state index < -0.39 is 88.8 Å². The number of nitrogens with one attached hydrogen (secondary N) is 1. The summed E-state index contributed by atoms with van der Waals surface area (Å²) in [6, 6.07) is 9.10. The van der Waals surface area contributed by atoms with Gasteiger partial charge in [0.25, 0.3) is 11.7 Å². The van der Waals surface area contributed by atoms with Crippen LogP contribution in [0.1, 0.15) is 75.5 Å². The van der Waals surface area contributed by atoms with Crippen LogP contribution >= 0.6 is 0 Å². The molecule has 0 aromatic heterocycles. The van der Waals surface area contributed by atoms with Gasteiger partial charge in [0, 0.05) is 61.2 Å². The molecule has 3 aliphatic rings. The van der Waals surface area contributed by atoms with Gasteiger partial charge < -0.3 is 54.6 Å². The Morgan fingerprint density at radius 1 is 0.933 bits per heavy atom. The summed E-state index contributed by atoms with van der Waals surface area (Å²) in [5.41, 5.74) is 0.113. The highest BCUT2D eigenvalue weighted by Crippen LogP contribution is 2.55. The lowest BCUT2D eigenvalue weighted by Crippen LogP contribution is -2.46. The zero-order valence-electron chi connectivity index (χ0n) is 35.1. The number of nitrogens with zero attached hydrogens (tertiary/aromatic N) is 1. The quantitative estimate of drug-likeness (QED) is 0.0528. The summed E-state index contributed by atoms with van der Waals surface area (Å²) in [5.74, 6) is -8.73. The summed E-state index contributed by atoms with van der Waals surface area (Å²) >= 11 is 0. The van der Waals surface area contributed by atoms with E-state index in [0.29, 0.717) is 0 Å². The van der Waals surface area contributed by atoms with E-state index in [0.717, 1.165) is 11.8 Å². The van der Waals surface area contributed by atoms with Crippen LogP contribution < -0.4 is 10.1 Å². The Kier molecular flexibility index (Phi) is 14.0. The molecule has 3 aromatic rings. The number of hydrogen-bond acceptors (Lipinski definition) is 14. The molecule has 322 valence electrons. The number of anilines is 1. The fourth-order valence-corrected chi connectivity index (χ4v) is 7.65. The number of amides is 1. The number of carbonyl (C=O) groups is 3. The second-order valence-electron chi connectivity index (χ2n) is 15.6. The first kappa shape index (κ1) is 45.2. The standard InChI is InChI=1S/C45H54N2O13/c1-22-14-13-15-23(2)44(55)47-35-30(20-46-58-21-29-16-11-10-12-17-29)39(52)32-33(40(35)53)38(51)27(6)42-34(32)43(54)45(8,60-42)57-19-18-31(56-9)24(3)41(59-28(7)48)26(5)37(50)25(4)36(22)49/h10-20,22,24-26,31,36-37,41,49-53H,21H2,1-9H3,(H,47,55)/b14-13+,19-18+,23-15+,46-20+/t22-,24+,25+,26+,31-,36-,37+,41+,45-/m0/s1. The molecule has 1 amide bonds. The van der Waals surface area contributed by atoms with E-state index in [4.69, 9.17) is 23.8 Å². The highest BCUT2D eigenvalue weighted by molar-refractivity contribution is 6.23. The molecule has 0 saturated heterocycles. The Morgan fingerprint density at radius 2 is 1.62 bits per heavy atom. The van der Waals surface area contributed by atoms with Crippen LogP contribution in [0.2, 0.25) is 0 Å². The van der Waals surface area contributed by atoms with Crippen LogP contribution in [0.25, 0.3) is 10.8 Å². The first-order valence-electron chi connectivity index (χ1n) is 19.6. The van der Waals surface area contributed by atoms with Gasteiger partial charge in [-0.25, -0.2) is 0 Å². The summed E-state index contributed by atoms with van der Waals surface area (Å²) in [5, 5.41) is 64.2. The predicted molar refractivity (Wildman–Crippen MR) is 223 cm³/mol. The highest BCUT2D eigenvalue weighted by Gasteiger charge is 2.50. The van der Waals surface area contributed by atoms with Crippen LogP contribution in [0.4, 0.5) is 5.69 Å². The third-order valence-electron chi connectivity index (χ3n) is 11.4. The van der Waals surface area contributed by atoms with Crippen molar-refractivity contribution >= 4 is 40.3 Å². The molecule has 3 heterocycles. The van der Waals surface area contributed by atoms with E-state index in [1.54, 1.807) is 39.8 Å². The van der Waals surface area contributed by atoms with Gasteiger partial charge >= 0.3 is 11.8 Å². The number of ketones is 1. The van der Waals surface area contributed by atoms with E-state index in [1.165, 1.54) is 53.2 Å². The smallest absolute Gasteiger partial charge is 0.312 e. The van der Waals surface area contributed by atoms with Gasteiger partial charge in [-0.3, -0.25) is 14.4 Å². The molecule has 0 radical (unpaired) electrons. The van der Waals surface area contributed by atoms with E-state index in [2.05, 4.69) is 10.5 Å². The van der Waals surface area contributed by atoms with Crippen molar-refractivity contribution in [3.8, 4) is 23.0 Å². The second-order valence-corrected chi connectivity index (χ2v) is 15.6. The molecule has 0 spiro atoms. The molecular formula is C45H54N2O13. The van der Waals surface area contributed by atoms with Crippen LogP contribution in [0.15, 0.2) is 71.6 Å². The first-order valence-corrected chi connectivity index (χ1v) is 19.6. The fraction of sp³-hybridized carbons (Fsp3) is 0.422. The molecule has 6 rings (SSSR count). The van der Waals surface area contributed by atoms with Crippen molar-refractivity contribution < 1.29 is 63.7 Å². The van der Waals surface area contributed by atoms with E-state index in [-0.39, 0.29) is 51.1 Å². The van der Waals surface area contributed by atoms with Crippen molar-refractivity contribution in [1.29, 1.82) is 0 Å². The number of aliphatic hydroxyl groups excluding tert-OH is 2. The number of phenolic OH excluding ortho intramolecular Hbond substituents is 3. The van der Waals surface area contributed by atoms with Crippen molar-refractivity contribution in [1.82, 2.24) is 0 Å². The Hall–Kier alpha value is -5.90. The number of methoxy groups -OCH3 is 1. The van der Waals surface area contributed by atoms with Crippen LogP contribution in [0.3, 0.4) is 0 Å². The third kappa shape index (κ3) is 8.98. The maximum absolute atomic E-state index is 14.4. The third-order valence-corrected chi connectivity index (χ3v) is 11.4. The molecule has 0 saturated carbocycles. The molecule has 3 aliphatic heterocycles. The monoisotopic (exact) mass is 830 g/mol. The maximum atomic E-state index is 14.4. The lowest BCUT2D eigenvalue weighted by atomic mass is 9.78. The maximum Gasteiger partial charge on any atom is 0.312 e. The topological polar surface area (TPSA) is 223 Å². The number of allylic oxidation sites excluding steroid dienone is 2. The van der Waals surface area contributed by atoms with Crippen molar-refractivity contribution in [3.63, 3.8) is 0 Å². The SMILES string of the molecule is CO[C@H]1/C=C/O[C@@]2(C)Oc3c(C)c(O)c4c(O)c(c(/C=N/OCc5ccccc5)c(O)c4c3C2=O)NC(=O)/C(C)=C/C=C/[C@H](C)[C@H](O)[C@@H](C)[C@@H](O)[C@@H](C)[C@H](OC(C)=O)[C@@H]1C. The predicted octanol–water partition coefficient (Wildman–Crippen LogP) is 6.30. The van der Waals surface area contributed by atoms with Crippen molar-refractivity contribution in [2.45, 2.75) is 92.2 Å². The number of aliphatic hydroxyl groups is 2. The summed E-state index contributed by atoms with van der Waals surface area (Å²) in [4.78, 5) is 45.9.